The summed E-state index contributed by atoms with van der Waals surface area (Å²) < 4.78 is 11.3. The first kappa shape index (κ1) is 35.0. The molecule has 0 saturated carbocycles. The maximum absolute atomic E-state index is 12.2. The quantitative estimate of drug-likeness (QED) is 0.0936. The Hall–Kier alpha value is -3.88. The van der Waals surface area contributed by atoms with E-state index < -0.39 is 0 Å². The normalized spacial score (nSPS) is 12.2. The molecule has 0 aliphatic heterocycles. The zero-order chi connectivity index (χ0) is 34.0. The van der Waals surface area contributed by atoms with Crippen LogP contribution < -0.4 is 9.47 Å². The molecule has 0 spiro atoms. The summed E-state index contributed by atoms with van der Waals surface area (Å²) in [5, 5.41) is 49.4. The van der Waals surface area contributed by atoms with Crippen molar-refractivity contribution in [3.8, 4) is 45.6 Å². The summed E-state index contributed by atoms with van der Waals surface area (Å²) in [4.78, 5) is 8.73. The number of phenolic OH excluding ortho intramolecular Hbond substituents is 4. The molecule has 0 aromatic heterocycles. The largest absolute Gasteiger partial charge is 0.507 e. The van der Waals surface area contributed by atoms with Gasteiger partial charge in [-0.05, 0) is 47.6 Å². The van der Waals surface area contributed by atoms with Crippen LogP contribution >= 0.6 is 23.2 Å². The number of hydrogen-bond donors (Lipinski definition) is 4. The maximum Gasteiger partial charge on any atom is 0.167 e. The van der Waals surface area contributed by atoms with Gasteiger partial charge in [-0.2, -0.15) is 0 Å². The number of rotatable bonds is 11. The van der Waals surface area contributed by atoms with Gasteiger partial charge in [0.05, 0.1) is 27.3 Å². The number of benzene rings is 4. The topological polar surface area (TPSA) is 124 Å². The maximum atomic E-state index is 12.2. The summed E-state index contributed by atoms with van der Waals surface area (Å²) in [6, 6.07) is 3.86. The zero-order valence-corrected chi connectivity index (χ0v) is 29.1. The highest BCUT2D eigenvalue weighted by Gasteiger charge is 2.30. The number of aryl methyl sites for hydroxylation is 2. The van der Waals surface area contributed by atoms with Crippen LogP contribution in [0, 0.1) is 13.8 Å². The van der Waals surface area contributed by atoms with E-state index in [0.29, 0.717) is 68.4 Å². The summed E-state index contributed by atoms with van der Waals surface area (Å²) in [5.41, 5.74) is 4.12. The van der Waals surface area contributed by atoms with Crippen molar-refractivity contribution in [1.82, 2.24) is 0 Å². The SMILES string of the molecule is COc1c(O)c(C=NCCCl)c2c(O)c(-c3c(C)cc4c(C(C)C)c(OC)c(O)c(C=NCCCl)c4c3O)c(C)cc2c1C(C)C. The van der Waals surface area contributed by atoms with Gasteiger partial charge in [-0.1, -0.05) is 39.8 Å². The number of alkyl halides is 2. The first-order valence-corrected chi connectivity index (χ1v) is 16.2. The molecule has 0 aliphatic rings. The molecule has 0 bridgehead atoms. The van der Waals surface area contributed by atoms with E-state index in [2.05, 4.69) is 9.98 Å². The summed E-state index contributed by atoms with van der Waals surface area (Å²) >= 11 is 11.8. The van der Waals surface area contributed by atoms with Gasteiger partial charge in [0.2, 0.25) is 0 Å². The zero-order valence-electron chi connectivity index (χ0n) is 27.5. The van der Waals surface area contributed by atoms with Crippen LogP contribution in [0.5, 0.6) is 34.5 Å². The molecule has 10 heteroatoms. The highest BCUT2D eigenvalue weighted by Crippen LogP contribution is 2.54. The van der Waals surface area contributed by atoms with Crippen molar-refractivity contribution >= 4 is 57.2 Å². The molecule has 246 valence electrons. The van der Waals surface area contributed by atoms with Crippen LogP contribution in [0.4, 0.5) is 0 Å². The average molecular weight is 670 g/mol. The smallest absolute Gasteiger partial charge is 0.167 e. The summed E-state index contributed by atoms with van der Waals surface area (Å²) in [7, 11) is 2.99. The van der Waals surface area contributed by atoms with E-state index in [-0.39, 0.29) is 57.7 Å². The Labute approximate surface area is 279 Å². The molecule has 4 rings (SSSR count). The summed E-state index contributed by atoms with van der Waals surface area (Å²) in [5.74, 6) is 0.441. The molecule has 0 heterocycles. The lowest BCUT2D eigenvalue weighted by Crippen LogP contribution is -2.04. The minimum absolute atomic E-state index is 0.0696. The van der Waals surface area contributed by atoms with Gasteiger partial charge in [0, 0.05) is 68.3 Å². The van der Waals surface area contributed by atoms with Gasteiger partial charge in [0.25, 0.3) is 0 Å². The molecule has 0 amide bonds. The molecule has 0 unspecified atom stereocenters. The molecule has 0 aliphatic carbocycles. The highest BCUT2D eigenvalue weighted by atomic mass is 35.5. The molecule has 0 atom stereocenters. The van der Waals surface area contributed by atoms with E-state index >= 15 is 0 Å². The van der Waals surface area contributed by atoms with Crippen LogP contribution in [0.25, 0.3) is 32.7 Å². The Morgan fingerprint density at radius 1 is 0.652 bits per heavy atom. The fourth-order valence-electron chi connectivity index (χ4n) is 6.40. The molecule has 0 fully saturated rings. The number of nitrogens with zero attached hydrogens (tertiary/aromatic N) is 2. The van der Waals surface area contributed by atoms with Crippen LogP contribution in [0.3, 0.4) is 0 Å². The van der Waals surface area contributed by atoms with Crippen molar-refractivity contribution in [2.75, 3.05) is 39.1 Å². The lowest BCUT2D eigenvalue weighted by atomic mass is 9.83. The standard InChI is InChI=1S/C36H42Cl2N2O6/c1-17(2)25-21-13-19(5)27(33(43)29(21)23(15-39-11-9-37)31(41)35(25)45-7)28-20(6)14-22-26(18(3)4)36(46-8)32(42)24(16-40-12-10-38)30(22)34(28)44/h13-18,41-44H,9-12H2,1-8H3. The second kappa shape index (κ2) is 14.3. The van der Waals surface area contributed by atoms with Gasteiger partial charge >= 0.3 is 0 Å². The van der Waals surface area contributed by atoms with E-state index in [4.69, 9.17) is 32.7 Å². The van der Waals surface area contributed by atoms with Gasteiger partial charge in [-0.3, -0.25) is 9.98 Å². The fraction of sp³-hybridized carbons (Fsp3) is 0.389. The Morgan fingerprint density at radius 3 is 1.28 bits per heavy atom. The molecule has 4 N–H and O–H groups in total. The third-order valence-electron chi connectivity index (χ3n) is 8.23. The average Bonchev–Trinajstić information content (AvgIpc) is 2.99. The predicted octanol–water partition coefficient (Wildman–Crippen LogP) is 8.68. The van der Waals surface area contributed by atoms with E-state index in [1.807, 2.05) is 53.7 Å². The fourth-order valence-corrected chi connectivity index (χ4v) is 6.60. The lowest BCUT2D eigenvalue weighted by Gasteiger charge is -2.24. The Morgan fingerprint density at radius 2 is 1.00 bits per heavy atom. The van der Waals surface area contributed by atoms with Crippen molar-refractivity contribution in [2.45, 2.75) is 53.4 Å². The lowest BCUT2D eigenvalue weighted by molar-refractivity contribution is 0.368. The van der Waals surface area contributed by atoms with Gasteiger partial charge in [0.15, 0.2) is 23.0 Å². The number of fused-ring (bicyclic) bond motifs is 2. The van der Waals surface area contributed by atoms with Crippen LogP contribution in [0.1, 0.15) is 72.9 Å². The number of methoxy groups -OCH3 is 2. The van der Waals surface area contributed by atoms with Crippen molar-refractivity contribution in [3.05, 3.63) is 45.5 Å². The molecule has 46 heavy (non-hydrogen) atoms. The number of halogens is 2. The van der Waals surface area contributed by atoms with E-state index in [0.717, 1.165) is 11.1 Å². The monoisotopic (exact) mass is 668 g/mol. The van der Waals surface area contributed by atoms with Crippen molar-refractivity contribution in [2.24, 2.45) is 9.98 Å². The first-order valence-electron chi connectivity index (χ1n) is 15.2. The second-order valence-corrected chi connectivity index (χ2v) is 12.6. The Kier molecular flexibility index (Phi) is 10.8. The molecule has 0 saturated heterocycles. The molecule has 4 aromatic rings. The van der Waals surface area contributed by atoms with Gasteiger partial charge in [0.1, 0.15) is 11.5 Å². The number of ether oxygens (including phenoxy) is 2. The number of aromatic hydroxyl groups is 4. The molecule has 4 aromatic carbocycles. The van der Waals surface area contributed by atoms with Gasteiger partial charge in [-0.25, -0.2) is 0 Å². The van der Waals surface area contributed by atoms with Gasteiger partial charge < -0.3 is 29.9 Å². The summed E-state index contributed by atoms with van der Waals surface area (Å²) in [6.07, 6.45) is 2.98. The van der Waals surface area contributed by atoms with E-state index in [1.54, 1.807) is 0 Å². The second-order valence-electron chi connectivity index (χ2n) is 11.9. The number of aliphatic imine (C=N–C) groups is 2. The third-order valence-corrected chi connectivity index (χ3v) is 8.56. The van der Waals surface area contributed by atoms with Crippen molar-refractivity contribution in [3.63, 3.8) is 0 Å². The molecule has 8 nitrogen and oxygen atoms in total. The predicted molar refractivity (Wildman–Crippen MR) is 191 cm³/mol. The minimum Gasteiger partial charge on any atom is -0.507 e. The first-order chi connectivity index (χ1) is 21.9. The Bertz CT molecular complexity index is 1730. The molecular weight excluding hydrogens is 627 g/mol. The summed E-state index contributed by atoms with van der Waals surface area (Å²) in [6.45, 7) is 12.3. The van der Waals surface area contributed by atoms with Crippen molar-refractivity contribution in [1.29, 1.82) is 0 Å². The van der Waals surface area contributed by atoms with E-state index in [1.165, 1.54) is 26.6 Å². The van der Waals surface area contributed by atoms with Crippen molar-refractivity contribution < 1.29 is 29.9 Å². The Balaban J connectivity index is 2.26. The highest BCUT2D eigenvalue weighted by molar-refractivity contribution is 6.18. The number of hydrogen-bond acceptors (Lipinski definition) is 8. The minimum atomic E-state index is -0.155. The molecule has 0 radical (unpaired) electrons. The van der Waals surface area contributed by atoms with Crippen LogP contribution in [-0.2, 0) is 0 Å². The van der Waals surface area contributed by atoms with Crippen LogP contribution in [0.2, 0.25) is 0 Å². The third kappa shape index (κ3) is 5.89. The van der Waals surface area contributed by atoms with Gasteiger partial charge in [-0.15, -0.1) is 23.2 Å². The number of phenols is 4. The van der Waals surface area contributed by atoms with E-state index in [9.17, 15) is 20.4 Å². The van der Waals surface area contributed by atoms with Crippen LogP contribution in [0.15, 0.2) is 22.1 Å². The van der Waals surface area contributed by atoms with Crippen LogP contribution in [-0.4, -0.2) is 71.9 Å². The molecular formula is C36H42Cl2N2O6.